The van der Waals surface area contributed by atoms with Gasteiger partial charge in [-0.1, -0.05) is 24.3 Å². The predicted molar refractivity (Wildman–Crippen MR) is 103 cm³/mol. The minimum Gasteiger partial charge on any atom is -0.465 e. The van der Waals surface area contributed by atoms with E-state index >= 15 is 0 Å². The number of hydrogen-bond acceptors (Lipinski definition) is 7. The maximum Gasteiger partial charge on any atom is 0.338 e. The summed E-state index contributed by atoms with van der Waals surface area (Å²) in [5.74, 6) is -1.82. The Morgan fingerprint density at radius 3 is 1.89 bits per heavy atom. The summed E-state index contributed by atoms with van der Waals surface area (Å²) in [6.45, 7) is 5.33. The molecule has 0 unspecified atom stereocenters. The van der Waals surface area contributed by atoms with E-state index in [0.29, 0.717) is 11.1 Å². The lowest BCUT2D eigenvalue weighted by Gasteiger charge is -2.28. The van der Waals surface area contributed by atoms with Gasteiger partial charge in [-0.05, 0) is 51.3 Å². The minimum absolute atomic E-state index is 0.0187. The molecule has 0 spiro atoms. The molecule has 0 atom stereocenters. The van der Waals surface area contributed by atoms with E-state index in [-0.39, 0.29) is 39.3 Å². The van der Waals surface area contributed by atoms with Gasteiger partial charge in [0.15, 0.2) is 5.41 Å². The third-order valence-electron chi connectivity index (χ3n) is 4.04. The molecule has 7 nitrogen and oxygen atoms in total. The summed E-state index contributed by atoms with van der Waals surface area (Å²) in [6, 6.07) is 6.49. The van der Waals surface area contributed by atoms with E-state index in [4.69, 9.17) is 19.3 Å². The van der Waals surface area contributed by atoms with Crippen molar-refractivity contribution in [2.45, 2.75) is 33.6 Å². The number of aliphatic hydroxyl groups is 1. The lowest BCUT2D eigenvalue weighted by molar-refractivity contribution is -0.171. The molecule has 0 aliphatic rings. The largest absolute Gasteiger partial charge is 0.465 e. The van der Waals surface area contributed by atoms with Gasteiger partial charge in [0.1, 0.15) is 0 Å². The van der Waals surface area contributed by atoms with Crippen LogP contribution in [0.25, 0.3) is 0 Å². The number of esters is 3. The average Bonchev–Trinajstić information content (AvgIpc) is 2.68. The molecule has 0 bridgehead atoms. The standard InChI is InChI=1S/C21H28O7/c1-4-26-18(23)17-11-9-16(10-12-17)15-21(13-7-8-14-22,19(24)27-5-2)20(25)28-6-3/h7-12,22H,4-6,13-15H2,1-3H3/b8-7-. The molecule has 7 heteroatoms. The van der Waals surface area contributed by atoms with E-state index in [0.717, 1.165) is 0 Å². The van der Waals surface area contributed by atoms with E-state index in [1.54, 1.807) is 51.1 Å². The molecule has 1 N–H and O–H groups in total. The molecule has 0 amide bonds. The smallest absolute Gasteiger partial charge is 0.338 e. The van der Waals surface area contributed by atoms with Crippen LogP contribution >= 0.6 is 0 Å². The number of hydrogen-bond donors (Lipinski definition) is 1. The highest BCUT2D eigenvalue weighted by atomic mass is 16.6. The third kappa shape index (κ3) is 6.20. The van der Waals surface area contributed by atoms with Gasteiger partial charge in [-0.3, -0.25) is 9.59 Å². The molecule has 0 radical (unpaired) electrons. The number of benzene rings is 1. The Hall–Kier alpha value is -2.67. The fourth-order valence-corrected chi connectivity index (χ4v) is 2.69. The lowest BCUT2D eigenvalue weighted by Crippen LogP contribution is -2.43. The first-order chi connectivity index (χ1) is 13.4. The number of aliphatic hydroxyl groups excluding tert-OH is 1. The van der Waals surface area contributed by atoms with Crippen molar-refractivity contribution < 1.29 is 33.7 Å². The Balaban J connectivity index is 3.24. The summed E-state index contributed by atoms with van der Waals surface area (Å²) in [5, 5.41) is 9.00. The number of rotatable bonds is 11. The highest BCUT2D eigenvalue weighted by Crippen LogP contribution is 2.32. The summed E-state index contributed by atoms with van der Waals surface area (Å²) in [7, 11) is 0. The highest BCUT2D eigenvalue weighted by Gasteiger charge is 2.48. The van der Waals surface area contributed by atoms with E-state index < -0.39 is 23.3 Å². The van der Waals surface area contributed by atoms with Gasteiger partial charge in [0, 0.05) is 0 Å². The van der Waals surface area contributed by atoms with E-state index in [1.807, 2.05) is 0 Å². The first kappa shape index (κ1) is 23.4. The van der Waals surface area contributed by atoms with Crippen LogP contribution < -0.4 is 0 Å². The summed E-state index contributed by atoms with van der Waals surface area (Å²) in [4.78, 5) is 37.3. The molecule has 1 aromatic rings. The molecule has 1 rings (SSSR count). The Bertz CT molecular complexity index is 658. The molecule has 0 heterocycles. The Morgan fingerprint density at radius 1 is 0.893 bits per heavy atom. The molecule has 0 aromatic heterocycles. The summed E-state index contributed by atoms with van der Waals surface area (Å²) >= 11 is 0. The van der Waals surface area contributed by atoms with Gasteiger partial charge in [-0.2, -0.15) is 0 Å². The topological polar surface area (TPSA) is 99.1 Å². The zero-order valence-corrected chi connectivity index (χ0v) is 16.6. The number of ether oxygens (including phenoxy) is 3. The maximum absolute atomic E-state index is 12.7. The van der Waals surface area contributed by atoms with Crippen molar-refractivity contribution in [3.63, 3.8) is 0 Å². The summed E-state index contributed by atoms with van der Waals surface area (Å²) in [6.07, 6.45) is 3.06. The van der Waals surface area contributed by atoms with Gasteiger partial charge >= 0.3 is 17.9 Å². The van der Waals surface area contributed by atoms with Crippen molar-refractivity contribution >= 4 is 17.9 Å². The Kier molecular flexibility index (Phi) is 9.95. The van der Waals surface area contributed by atoms with Crippen LogP contribution in [0.1, 0.15) is 43.1 Å². The highest BCUT2D eigenvalue weighted by molar-refractivity contribution is 6.00. The van der Waals surface area contributed by atoms with Gasteiger partial charge in [0.05, 0.1) is 32.0 Å². The van der Waals surface area contributed by atoms with Gasteiger partial charge in [-0.15, -0.1) is 0 Å². The zero-order valence-electron chi connectivity index (χ0n) is 16.6. The third-order valence-corrected chi connectivity index (χ3v) is 4.04. The fourth-order valence-electron chi connectivity index (χ4n) is 2.69. The second-order valence-corrected chi connectivity index (χ2v) is 5.98. The zero-order chi connectivity index (χ0) is 21.0. The lowest BCUT2D eigenvalue weighted by atomic mass is 9.78. The van der Waals surface area contributed by atoms with Crippen molar-refractivity contribution in [2.24, 2.45) is 5.41 Å². The normalized spacial score (nSPS) is 11.3. The Morgan fingerprint density at radius 2 is 1.43 bits per heavy atom. The molecular weight excluding hydrogens is 364 g/mol. The van der Waals surface area contributed by atoms with Crippen molar-refractivity contribution in [3.8, 4) is 0 Å². The Labute approximate surface area is 165 Å². The average molecular weight is 392 g/mol. The van der Waals surface area contributed by atoms with Crippen molar-refractivity contribution in [1.29, 1.82) is 0 Å². The quantitative estimate of drug-likeness (QED) is 0.267. The van der Waals surface area contributed by atoms with Crippen LogP contribution in [0.2, 0.25) is 0 Å². The predicted octanol–water partition coefficient (Wildman–Crippen LogP) is 2.46. The van der Waals surface area contributed by atoms with E-state index in [9.17, 15) is 14.4 Å². The van der Waals surface area contributed by atoms with Crippen molar-refractivity contribution in [2.75, 3.05) is 26.4 Å². The van der Waals surface area contributed by atoms with E-state index in [2.05, 4.69) is 0 Å². The van der Waals surface area contributed by atoms with Crippen LogP contribution in [0, 0.1) is 5.41 Å². The molecule has 0 aliphatic carbocycles. The van der Waals surface area contributed by atoms with Crippen LogP contribution in [-0.2, 0) is 30.2 Å². The van der Waals surface area contributed by atoms with Crippen LogP contribution in [0.5, 0.6) is 0 Å². The number of allylic oxidation sites excluding steroid dienone is 1. The molecule has 154 valence electrons. The molecule has 0 fully saturated rings. The fraction of sp³-hybridized carbons (Fsp3) is 0.476. The molecule has 0 saturated carbocycles. The molecule has 0 aliphatic heterocycles. The SMILES string of the molecule is CCOC(=O)c1ccc(CC(C/C=C\CO)(C(=O)OCC)C(=O)OCC)cc1. The summed E-state index contributed by atoms with van der Waals surface area (Å²) in [5.41, 5.74) is -0.543. The van der Waals surface area contributed by atoms with E-state index in [1.165, 1.54) is 6.08 Å². The second kappa shape index (κ2) is 11.9. The van der Waals surface area contributed by atoms with Gasteiger partial charge < -0.3 is 19.3 Å². The van der Waals surface area contributed by atoms with Crippen molar-refractivity contribution in [1.82, 2.24) is 0 Å². The van der Waals surface area contributed by atoms with Crippen LogP contribution in [0.4, 0.5) is 0 Å². The van der Waals surface area contributed by atoms with Crippen molar-refractivity contribution in [3.05, 3.63) is 47.5 Å². The summed E-state index contributed by atoms with van der Waals surface area (Å²) < 4.78 is 15.3. The molecular formula is C21H28O7. The van der Waals surface area contributed by atoms with Crippen LogP contribution in [0.3, 0.4) is 0 Å². The molecule has 28 heavy (non-hydrogen) atoms. The van der Waals surface area contributed by atoms with Gasteiger partial charge in [-0.25, -0.2) is 4.79 Å². The minimum atomic E-state index is -1.58. The first-order valence-electron chi connectivity index (χ1n) is 9.31. The maximum atomic E-state index is 12.7. The van der Waals surface area contributed by atoms with Gasteiger partial charge in [0.2, 0.25) is 0 Å². The number of carbonyl (C=O) groups is 3. The monoisotopic (exact) mass is 392 g/mol. The number of carbonyl (C=O) groups excluding carboxylic acids is 3. The van der Waals surface area contributed by atoms with Crippen LogP contribution in [-0.4, -0.2) is 49.4 Å². The first-order valence-corrected chi connectivity index (χ1v) is 9.31. The molecule has 0 saturated heterocycles. The second-order valence-electron chi connectivity index (χ2n) is 5.98. The van der Waals surface area contributed by atoms with Crippen LogP contribution in [0.15, 0.2) is 36.4 Å². The molecule has 1 aromatic carbocycles. The van der Waals surface area contributed by atoms with Gasteiger partial charge in [0.25, 0.3) is 0 Å².